The minimum Gasteiger partial charge on any atom is -0.321 e. The summed E-state index contributed by atoms with van der Waals surface area (Å²) in [5.74, 6) is 0.0729. The predicted octanol–water partition coefficient (Wildman–Crippen LogP) is 1.60. The van der Waals surface area contributed by atoms with E-state index in [0.717, 1.165) is 24.3 Å². The van der Waals surface area contributed by atoms with Crippen molar-refractivity contribution in [2.45, 2.75) is 18.9 Å². The van der Waals surface area contributed by atoms with Crippen LogP contribution in [0.1, 0.15) is 22.5 Å². The summed E-state index contributed by atoms with van der Waals surface area (Å²) in [5.41, 5.74) is 5.83. The van der Waals surface area contributed by atoms with E-state index in [9.17, 15) is 4.79 Å². The zero-order valence-electron chi connectivity index (χ0n) is 9.27. The second kappa shape index (κ2) is 6.00. The lowest BCUT2D eigenvalue weighted by Crippen LogP contribution is -2.30. The Hall–Kier alpha value is -0.710. The largest absolute Gasteiger partial charge is 0.321 e. The number of ketones is 1. The summed E-state index contributed by atoms with van der Waals surface area (Å²) >= 11 is 1.46. The minimum atomic E-state index is -0.344. The van der Waals surface area contributed by atoms with Crippen LogP contribution in [0, 0.1) is 0 Å². The molecule has 1 rings (SSSR count). The highest BCUT2D eigenvalue weighted by Gasteiger charge is 2.15. The number of Topliss-reactive ketones (excluding diaryl/α,β-unsaturated/α-hetero) is 1. The monoisotopic (exact) mass is 226 g/mol. The summed E-state index contributed by atoms with van der Waals surface area (Å²) < 4.78 is 0. The van der Waals surface area contributed by atoms with Crippen molar-refractivity contribution in [2.24, 2.45) is 5.73 Å². The van der Waals surface area contributed by atoms with Gasteiger partial charge < -0.3 is 10.6 Å². The summed E-state index contributed by atoms with van der Waals surface area (Å²) in [5, 5.41) is 1.90. The van der Waals surface area contributed by atoms with E-state index in [2.05, 4.69) is 4.90 Å². The van der Waals surface area contributed by atoms with Crippen molar-refractivity contribution in [3.63, 3.8) is 0 Å². The van der Waals surface area contributed by atoms with Crippen LogP contribution >= 0.6 is 11.3 Å². The molecular formula is C11H18N2OS. The quantitative estimate of drug-likeness (QED) is 0.749. The van der Waals surface area contributed by atoms with Crippen LogP contribution < -0.4 is 5.73 Å². The molecular weight excluding hydrogens is 208 g/mol. The third kappa shape index (κ3) is 4.11. The molecule has 3 nitrogen and oxygen atoms in total. The summed E-state index contributed by atoms with van der Waals surface area (Å²) in [6.07, 6.45) is 1.72. The first-order valence-electron chi connectivity index (χ1n) is 5.09. The zero-order valence-corrected chi connectivity index (χ0v) is 10.1. The van der Waals surface area contributed by atoms with Crippen molar-refractivity contribution in [3.05, 3.63) is 22.4 Å². The van der Waals surface area contributed by atoms with Gasteiger partial charge in [-0.1, -0.05) is 6.07 Å². The standard InChI is InChI=1S/C11H18N2OS/c1-13(2)7-3-5-9(12)11(14)10-6-4-8-15-10/h4,6,8-9H,3,5,7,12H2,1-2H3. The van der Waals surface area contributed by atoms with Crippen LogP contribution in [0.25, 0.3) is 0 Å². The Bertz CT molecular complexity index is 296. The Balaban J connectivity index is 2.34. The molecule has 1 aromatic rings. The van der Waals surface area contributed by atoms with E-state index in [0.29, 0.717) is 0 Å². The molecule has 0 aliphatic heterocycles. The lowest BCUT2D eigenvalue weighted by atomic mass is 10.1. The van der Waals surface area contributed by atoms with Gasteiger partial charge in [0.15, 0.2) is 5.78 Å². The van der Waals surface area contributed by atoms with E-state index in [1.807, 2.05) is 31.6 Å². The number of nitrogens with two attached hydrogens (primary N) is 1. The first-order valence-corrected chi connectivity index (χ1v) is 5.97. The number of carbonyl (C=O) groups is 1. The van der Waals surface area contributed by atoms with Gasteiger partial charge in [-0.2, -0.15) is 0 Å². The van der Waals surface area contributed by atoms with Crippen molar-refractivity contribution in [2.75, 3.05) is 20.6 Å². The Labute approximate surface area is 94.9 Å². The van der Waals surface area contributed by atoms with Gasteiger partial charge in [-0.3, -0.25) is 4.79 Å². The molecule has 0 aliphatic rings. The maximum absolute atomic E-state index is 11.8. The molecule has 1 atom stereocenters. The van der Waals surface area contributed by atoms with Crippen LogP contribution in [0.5, 0.6) is 0 Å². The fraction of sp³-hybridized carbons (Fsp3) is 0.545. The van der Waals surface area contributed by atoms with Crippen LogP contribution in [0.2, 0.25) is 0 Å². The molecule has 1 heterocycles. The van der Waals surface area contributed by atoms with Gasteiger partial charge in [0.25, 0.3) is 0 Å². The SMILES string of the molecule is CN(C)CCCC(N)C(=O)c1cccs1. The molecule has 0 saturated heterocycles. The van der Waals surface area contributed by atoms with Gasteiger partial charge in [-0.15, -0.1) is 11.3 Å². The first-order chi connectivity index (χ1) is 7.11. The highest BCUT2D eigenvalue weighted by Crippen LogP contribution is 2.12. The van der Waals surface area contributed by atoms with Crippen LogP contribution in [0.15, 0.2) is 17.5 Å². The summed E-state index contributed by atoms with van der Waals surface area (Å²) in [7, 11) is 4.04. The van der Waals surface area contributed by atoms with Crippen molar-refractivity contribution >= 4 is 17.1 Å². The fourth-order valence-electron chi connectivity index (χ4n) is 1.36. The number of hydrogen-bond donors (Lipinski definition) is 1. The Morgan fingerprint density at radius 3 is 2.87 bits per heavy atom. The second-order valence-corrected chi connectivity index (χ2v) is 4.84. The smallest absolute Gasteiger partial charge is 0.189 e. The highest BCUT2D eigenvalue weighted by molar-refractivity contribution is 7.12. The lowest BCUT2D eigenvalue weighted by Gasteiger charge is -2.12. The number of nitrogens with zero attached hydrogens (tertiary/aromatic N) is 1. The zero-order chi connectivity index (χ0) is 11.3. The van der Waals surface area contributed by atoms with Crippen molar-refractivity contribution in [1.82, 2.24) is 4.90 Å². The molecule has 0 aromatic carbocycles. The van der Waals surface area contributed by atoms with Crippen LogP contribution in [0.4, 0.5) is 0 Å². The van der Waals surface area contributed by atoms with E-state index in [1.54, 1.807) is 0 Å². The Kier molecular flexibility index (Phi) is 4.94. The number of hydrogen-bond acceptors (Lipinski definition) is 4. The summed E-state index contributed by atoms with van der Waals surface area (Å²) in [4.78, 5) is 14.6. The molecule has 15 heavy (non-hydrogen) atoms. The molecule has 0 amide bonds. The van der Waals surface area contributed by atoms with Gasteiger partial charge in [-0.25, -0.2) is 0 Å². The average Bonchev–Trinajstić information content (AvgIpc) is 2.68. The van der Waals surface area contributed by atoms with E-state index >= 15 is 0 Å². The molecule has 0 saturated carbocycles. The van der Waals surface area contributed by atoms with E-state index < -0.39 is 0 Å². The number of thiophene rings is 1. The molecule has 0 aliphatic carbocycles. The Morgan fingerprint density at radius 2 is 2.33 bits per heavy atom. The molecule has 0 radical (unpaired) electrons. The maximum atomic E-state index is 11.8. The first kappa shape index (κ1) is 12.4. The summed E-state index contributed by atoms with van der Waals surface area (Å²) in [6, 6.07) is 3.37. The highest BCUT2D eigenvalue weighted by atomic mass is 32.1. The van der Waals surface area contributed by atoms with E-state index in [-0.39, 0.29) is 11.8 Å². The average molecular weight is 226 g/mol. The van der Waals surface area contributed by atoms with Crippen LogP contribution in [-0.4, -0.2) is 37.4 Å². The summed E-state index contributed by atoms with van der Waals surface area (Å²) in [6.45, 7) is 0.978. The van der Waals surface area contributed by atoms with E-state index in [4.69, 9.17) is 5.73 Å². The molecule has 2 N–H and O–H groups in total. The molecule has 0 fully saturated rings. The van der Waals surface area contributed by atoms with Gasteiger partial charge in [0.1, 0.15) is 0 Å². The maximum Gasteiger partial charge on any atom is 0.189 e. The second-order valence-electron chi connectivity index (χ2n) is 3.89. The third-order valence-electron chi connectivity index (χ3n) is 2.22. The van der Waals surface area contributed by atoms with Crippen molar-refractivity contribution in [1.29, 1.82) is 0 Å². The minimum absolute atomic E-state index is 0.0729. The van der Waals surface area contributed by atoms with Crippen LogP contribution in [-0.2, 0) is 0 Å². The fourth-order valence-corrected chi connectivity index (χ4v) is 2.09. The molecule has 84 valence electrons. The van der Waals surface area contributed by atoms with Gasteiger partial charge in [-0.05, 0) is 44.9 Å². The van der Waals surface area contributed by atoms with Gasteiger partial charge in [0.2, 0.25) is 0 Å². The molecule has 1 aromatic heterocycles. The topological polar surface area (TPSA) is 46.3 Å². The van der Waals surface area contributed by atoms with Crippen LogP contribution in [0.3, 0.4) is 0 Å². The van der Waals surface area contributed by atoms with E-state index in [1.165, 1.54) is 11.3 Å². The molecule has 4 heteroatoms. The van der Waals surface area contributed by atoms with Gasteiger partial charge >= 0.3 is 0 Å². The third-order valence-corrected chi connectivity index (χ3v) is 3.11. The molecule has 0 bridgehead atoms. The Morgan fingerprint density at radius 1 is 1.60 bits per heavy atom. The van der Waals surface area contributed by atoms with Crippen molar-refractivity contribution < 1.29 is 4.79 Å². The number of rotatable bonds is 6. The van der Waals surface area contributed by atoms with Gasteiger partial charge in [0.05, 0.1) is 10.9 Å². The molecule has 0 spiro atoms. The van der Waals surface area contributed by atoms with Gasteiger partial charge in [0, 0.05) is 0 Å². The normalized spacial score (nSPS) is 13.1. The lowest BCUT2D eigenvalue weighted by molar-refractivity contribution is 0.0959. The number of carbonyl (C=O) groups excluding carboxylic acids is 1. The predicted molar refractivity (Wildman–Crippen MR) is 64.4 cm³/mol. The molecule has 1 unspecified atom stereocenters. The van der Waals surface area contributed by atoms with Crippen molar-refractivity contribution in [3.8, 4) is 0 Å².